The summed E-state index contributed by atoms with van der Waals surface area (Å²) in [6.45, 7) is 13.5. The number of rotatable bonds is 7. The Morgan fingerprint density at radius 3 is 2.34 bits per heavy atom. The van der Waals surface area contributed by atoms with Crippen LogP contribution in [0.3, 0.4) is 0 Å². The SMILES string of the molecule is C=C1CCC(N2C(=O)c3c(n(C)c4cc(N5CC6(CCN(CC7CN(c8ccc(-c9ccc%10c(c9)C(C)(C)C(=O)N%10c9ccc(C#N)c(C(F)(F)F)c9)c(F)n8)C7)CC6)C5)ccc34)C2=O)C(=O)N1. The number of alkyl halides is 3. The van der Waals surface area contributed by atoms with E-state index in [0.717, 1.165) is 86.9 Å². The van der Waals surface area contributed by atoms with Gasteiger partial charge in [-0.1, -0.05) is 12.6 Å². The molecule has 1 unspecified atom stereocenters. The lowest BCUT2D eigenvalue weighted by Crippen LogP contribution is -2.61. The summed E-state index contributed by atoms with van der Waals surface area (Å²) in [4.78, 5) is 67.3. The Bertz CT molecular complexity index is 3090. The molecule has 8 heterocycles. The lowest BCUT2D eigenvalue weighted by Gasteiger charge is -2.55. The number of nitriles is 1. The first-order valence-corrected chi connectivity index (χ1v) is 22.8. The summed E-state index contributed by atoms with van der Waals surface area (Å²) >= 11 is 0. The zero-order valence-electron chi connectivity index (χ0n) is 37.7. The Hall–Kier alpha value is -7.06. The van der Waals surface area contributed by atoms with Crippen molar-refractivity contribution in [1.29, 1.82) is 5.26 Å². The van der Waals surface area contributed by atoms with Gasteiger partial charge in [-0.2, -0.15) is 22.8 Å². The highest BCUT2D eigenvalue weighted by atomic mass is 19.4. The number of fused-ring (bicyclic) bond motifs is 4. The number of likely N-dealkylation sites (tertiary alicyclic amines) is 1. The Balaban J connectivity index is 0.689. The number of hydrogen-bond acceptors (Lipinski definition) is 9. The average molecular weight is 926 g/mol. The summed E-state index contributed by atoms with van der Waals surface area (Å²) in [7, 11) is 1.80. The summed E-state index contributed by atoms with van der Waals surface area (Å²) in [5, 5.41) is 12.7. The number of halogens is 4. The molecule has 17 heteroatoms. The second-order valence-electron chi connectivity index (χ2n) is 19.9. The van der Waals surface area contributed by atoms with Crippen LogP contribution in [-0.2, 0) is 28.2 Å². The van der Waals surface area contributed by atoms with Crippen LogP contribution in [-0.4, -0.2) is 94.8 Å². The van der Waals surface area contributed by atoms with Crippen molar-refractivity contribution in [3.05, 3.63) is 113 Å². The van der Waals surface area contributed by atoms with Gasteiger partial charge < -0.3 is 24.6 Å². The van der Waals surface area contributed by atoms with E-state index in [1.165, 1.54) is 11.0 Å². The fraction of sp³-hybridized carbons (Fsp3) is 0.373. The number of nitrogens with one attached hydrogen (secondary N) is 1. The summed E-state index contributed by atoms with van der Waals surface area (Å²) in [5.41, 5.74) is 2.18. The third kappa shape index (κ3) is 6.69. The maximum absolute atomic E-state index is 15.8. The number of pyridine rings is 1. The minimum Gasteiger partial charge on any atom is -0.370 e. The number of carbonyl (C=O) groups excluding carboxylic acids is 4. The largest absolute Gasteiger partial charge is 0.417 e. The monoisotopic (exact) mass is 925 g/mol. The zero-order valence-corrected chi connectivity index (χ0v) is 37.7. The maximum Gasteiger partial charge on any atom is 0.417 e. The van der Waals surface area contributed by atoms with Crippen molar-refractivity contribution >= 4 is 57.4 Å². The van der Waals surface area contributed by atoms with Gasteiger partial charge in [-0.15, -0.1) is 0 Å². The first-order chi connectivity index (χ1) is 32.4. The minimum absolute atomic E-state index is 0.0143. The highest BCUT2D eigenvalue weighted by Crippen LogP contribution is 2.49. The molecule has 2 aromatic heterocycles. The first kappa shape index (κ1) is 43.5. The van der Waals surface area contributed by atoms with Gasteiger partial charge in [0.25, 0.3) is 11.8 Å². The van der Waals surface area contributed by atoms with Gasteiger partial charge in [0.2, 0.25) is 17.8 Å². The number of nitrogens with zero attached hydrogens (tertiary/aromatic N) is 8. The number of carbonyl (C=O) groups is 4. The molecule has 5 aromatic rings. The molecule has 1 N–H and O–H groups in total. The van der Waals surface area contributed by atoms with Gasteiger partial charge in [-0.25, -0.2) is 4.98 Å². The van der Waals surface area contributed by atoms with Gasteiger partial charge in [-0.05, 0) is 124 Å². The number of amides is 4. The third-order valence-corrected chi connectivity index (χ3v) is 15.3. The van der Waals surface area contributed by atoms with E-state index in [-0.39, 0.29) is 22.6 Å². The topological polar surface area (TPSA) is 138 Å². The second kappa shape index (κ2) is 15.2. The predicted molar refractivity (Wildman–Crippen MR) is 246 cm³/mol. The van der Waals surface area contributed by atoms with Crippen LogP contribution in [0.25, 0.3) is 22.0 Å². The maximum atomic E-state index is 15.8. The van der Waals surface area contributed by atoms with Gasteiger partial charge in [0.05, 0.1) is 39.4 Å². The molecule has 348 valence electrons. The van der Waals surface area contributed by atoms with Crippen molar-refractivity contribution in [2.45, 2.75) is 57.2 Å². The number of aromatic nitrogens is 2. The van der Waals surface area contributed by atoms with Gasteiger partial charge in [0.1, 0.15) is 17.6 Å². The molecule has 11 rings (SSSR count). The molecule has 68 heavy (non-hydrogen) atoms. The van der Waals surface area contributed by atoms with E-state index in [0.29, 0.717) is 63.7 Å². The molecule has 0 aliphatic carbocycles. The molecule has 1 spiro atoms. The molecule has 4 saturated heterocycles. The molecule has 0 radical (unpaired) electrons. The smallest absolute Gasteiger partial charge is 0.370 e. The fourth-order valence-corrected chi connectivity index (χ4v) is 11.4. The van der Waals surface area contributed by atoms with Crippen molar-refractivity contribution in [2.24, 2.45) is 18.4 Å². The number of benzene rings is 3. The summed E-state index contributed by atoms with van der Waals surface area (Å²) in [6.07, 6.45) is -1.77. The molecule has 4 amide bonds. The number of imide groups is 1. The van der Waals surface area contributed by atoms with E-state index in [9.17, 15) is 37.6 Å². The molecule has 13 nitrogen and oxygen atoms in total. The first-order valence-electron chi connectivity index (χ1n) is 22.8. The summed E-state index contributed by atoms with van der Waals surface area (Å²) in [5.74, 6) is -1.42. The predicted octanol–water partition coefficient (Wildman–Crippen LogP) is 7.65. The van der Waals surface area contributed by atoms with E-state index < -0.39 is 52.4 Å². The van der Waals surface area contributed by atoms with E-state index >= 15 is 4.39 Å². The van der Waals surface area contributed by atoms with Crippen LogP contribution < -0.4 is 20.0 Å². The number of aryl methyl sites for hydroxylation is 1. The average Bonchev–Trinajstić information content (AvgIpc) is 3.80. The van der Waals surface area contributed by atoms with Crippen LogP contribution >= 0.6 is 0 Å². The van der Waals surface area contributed by atoms with Crippen molar-refractivity contribution < 1.29 is 36.7 Å². The highest BCUT2D eigenvalue weighted by Gasteiger charge is 2.49. The molecular weight excluding hydrogens is 879 g/mol. The Kier molecular flexibility index (Phi) is 9.74. The summed E-state index contributed by atoms with van der Waals surface area (Å²) < 4.78 is 59.1. The van der Waals surface area contributed by atoms with E-state index in [1.807, 2.05) is 12.1 Å². The van der Waals surface area contributed by atoms with Crippen LogP contribution in [0.1, 0.15) is 77.1 Å². The van der Waals surface area contributed by atoms with Gasteiger partial charge >= 0.3 is 6.18 Å². The van der Waals surface area contributed by atoms with Gasteiger partial charge in [0, 0.05) is 79.1 Å². The van der Waals surface area contributed by atoms with Crippen molar-refractivity contribution in [1.82, 2.24) is 24.7 Å². The molecule has 6 aliphatic heterocycles. The third-order valence-electron chi connectivity index (χ3n) is 15.3. The number of hydrogen-bond donors (Lipinski definition) is 1. The lowest BCUT2D eigenvalue weighted by molar-refractivity contribution is -0.137. The van der Waals surface area contributed by atoms with Crippen LogP contribution in [0.5, 0.6) is 0 Å². The second-order valence-corrected chi connectivity index (χ2v) is 19.9. The van der Waals surface area contributed by atoms with E-state index in [4.69, 9.17) is 0 Å². The normalized spacial score (nSPS) is 21.3. The van der Waals surface area contributed by atoms with Crippen LogP contribution in [0.15, 0.2) is 79.0 Å². The van der Waals surface area contributed by atoms with Crippen molar-refractivity contribution in [2.75, 3.05) is 60.5 Å². The summed E-state index contributed by atoms with van der Waals surface area (Å²) in [6, 6.07) is 18.3. The molecule has 6 aliphatic rings. The van der Waals surface area contributed by atoms with Gasteiger partial charge in [-0.3, -0.25) is 29.0 Å². The Morgan fingerprint density at radius 1 is 0.912 bits per heavy atom. The van der Waals surface area contributed by atoms with Crippen LogP contribution in [0.2, 0.25) is 0 Å². The lowest BCUT2D eigenvalue weighted by atomic mass is 9.71. The standard InChI is InChI=1S/C51H47F4N9O4/c1-28-5-12-39(45(65)57-28)64-46(66)42-35-10-9-32(21-40(35)59(4)43(42)47(64)67)62-26-50(27-62)15-17-60(18-16-50)23-29-24-61(25-29)41-14-11-34(44(52)58-41)30-7-13-38-37(19-30)49(2,3)48(68)63(38)33-8-6-31(22-56)36(20-33)51(53,54)55/h6-11,13-14,19-21,29,39H,1,5,12,15-18,23-27H2,2-4H3,(H,57,65). The Morgan fingerprint density at radius 2 is 1.65 bits per heavy atom. The number of anilines is 4. The Labute approximate surface area is 389 Å². The van der Waals surface area contributed by atoms with E-state index in [1.54, 1.807) is 61.9 Å². The molecule has 1 atom stereocenters. The molecular formula is C51H47F4N9O4. The number of allylic oxidation sites excluding steroid dienone is 1. The van der Waals surface area contributed by atoms with Crippen LogP contribution in [0, 0.1) is 28.6 Å². The molecule has 3 aromatic carbocycles. The molecule has 0 saturated carbocycles. The highest BCUT2D eigenvalue weighted by molar-refractivity contribution is 6.28. The van der Waals surface area contributed by atoms with Crippen molar-refractivity contribution in [3.8, 4) is 17.2 Å². The zero-order chi connectivity index (χ0) is 47.8. The minimum atomic E-state index is -4.79. The number of piperidine rings is 2. The van der Waals surface area contributed by atoms with Crippen LogP contribution in [0.4, 0.5) is 40.4 Å². The molecule has 4 fully saturated rings. The van der Waals surface area contributed by atoms with Crippen molar-refractivity contribution in [3.63, 3.8) is 0 Å². The van der Waals surface area contributed by atoms with Gasteiger partial charge in [0.15, 0.2) is 0 Å². The molecule has 0 bridgehead atoms. The van der Waals surface area contributed by atoms with E-state index in [2.05, 4.69) is 37.6 Å². The fourth-order valence-electron chi connectivity index (χ4n) is 11.4. The quantitative estimate of drug-likeness (QED) is 0.0992.